The molecule has 96 valence electrons. The van der Waals surface area contributed by atoms with Gasteiger partial charge < -0.3 is 4.74 Å². The minimum Gasteiger partial charge on any atom is -0.484 e. The van der Waals surface area contributed by atoms with Crippen molar-refractivity contribution in [3.63, 3.8) is 0 Å². The fourth-order valence-electron chi connectivity index (χ4n) is 1.75. The molecule has 0 saturated heterocycles. The summed E-state index contributed by atoms with van der Waals surface area (Å²) in [7, 11) is 0. The molecule has 0 spiro atoms. The molecular weight excluding hydrogens is 235 g/mol. The van der Waals surface area contributed by atoms with E-state index in [1.54, 1.807) is 0 Å². The summed E-state index contributed by atoms with van der Waals surface area (Å²) in [6.45, 7) is -0.123. The highest BCUT2D eigenvalue weighted by Gasteiger charge is 2.09. The molecule has 4 nitrogen and oxygen atoms in total. The highest BCUT2D eigenvalue weighted by Crippen LogP contribution is 2.14. The van der Waals surface area contributed by atoms with Crippen molar-refractivity contribution in [1.29, 1.82) is 0 Å². The molecule has 1 N–H and O–H groups in total. The van der Waals surface area contributed by atoms with E-state index < -0.39 is 0 Å². The van der Waals surface area contributed by atoms with Crippen LogP contribution in [0.2, 0.25) is 0 Å². The Kier molecular flexibility index (Phi) is 4.28. The van der Waals surface area contributed by atoms with Crippen LogP contribution in [0.3, 0.4) is 0 Å². The van der Waals surface area contributed by atoms with Gasteiger partial charge in [0.2, 0.25) is 0 Å². The zero-order chi connectivity index (χ0) is 12.8. The molecule has 1 saturated carbocycles. The van der Waals surface area contributed by atoms with Gasteiger partial charge in [-0.05, 0) is 49.9 Å². The summed E-state index contributed by atoms with van der Waals surface area (Å²) in [5.74, 6) is -0.182. The van der Waals surface area contributed by atoms with E-state index in [2.05, 4.69) is 10.5 Å². The van der Waals surface area contributed by atoms with E-state index in [0.29, 0.717) is 5.75 Å². The second-order valence-electron chi connectivity index (χ2n) is 4.16. The average molecular weight is 250 g/mol. The molecule has 0 aliphatic heterocycles. The number of nitrogens with zero attached hydrogens (tertiary/aromatic N) is 1. The molecule has 0 radical (unpaired) electrons. The topological polar surface area (TPSA) is 50.7 Å². The lowest BCUT2D eigenvalue weighted by Gasteiger charge is -2.05. The second-order valence-corrected chi connectivity index (χ2v) is 4.16. The Labute approximate surface area is 105 Å². The van der Waals surface area contributed by atoms with Gasteiger partial charge in [-0.1, -0.05) is 0 Å². The van der Waals surface area contributed by atoms with Crippen LogP contribution in [0.25, 0.3) is 0 Å². The van der Waals surface area contributed by atoms with Gasteiger partial charge in [0.05, 0.1) is 0 Å². The molecule has 1 aliphatic rings. The zero-order valence-electron chi connectivity index (χ0n) is 9.99. The Morgan fingerprint density at radius 3 is 2.61 bits per heavy atom. The van der Waals surface area contributed by atoms with E-state index >= 15 is 0 Å². The van der Waals surface area contributed by atoms with Crippen molar-refractivity contribution in [2.45, 2.75) is 25.7 Å². The molecule has 1 aromatic rings. The van der Waals surface area contributed by atoms with Crippen LogP contribution in [0.1, 0.15) is 25.7 Å². The van der Waals surface area contributed by atoms with Gasteiger partial charge in [-0.2, -0.15) is 5.10 Å². The van der Waals surface area contributed by atoms with Crippen molar-refractivity contribution in [1.82, 2.24) is 5.43 Å². The summed E-state index contributed by atoms with van der Waals surface area (Å²) in [5, 5.41) is 4.03. The van der Waals surface area contributed by atoms with Gasteiger partial charge in [0.1, 0.15) is 11.6 Å². The predicted octanol–water partition coefficient (Wildman–Crippen LogP) is 2.25. The molecule has 1 amide bonds. The van der Waals surface area contributed by atoms with E-state index in [4.69, 9.17) is 4.74 Å². The molecule has 0 bridgehead atoms. The third-order valence-corrected chi connectivity index (χ3v) is 2.70. The van der Waals surface area contributed by atoms with Gasteiger partial charge in [0.15, 0.2) is 6.61 Å². The largest absolute Gasteiger partial charge is 0.484 e. The predicted molar refractivity (Wildman–Crippen MR) is 65.9 cm³/mol. The highest BCUT2D eigenvalue weighted by atomic mass is 19.1. The van der Waals surface area contributed by atoms with E-state index in [-0.39, 0.29) is 18.3 Å². The van der Waals surface area contributed by atoms with Crippen LogP contribution in [0, 0.1) is 5.82 Å². The average Bonchev–Trinajstić information content (AvgIpc) is 2.89. The number of carbonyl (C=O) groups is 1. The quantitative estimate of drug-likeness (QED) is 0.833. The van der Waals surface area contributed by atoms with Crippen molar-refractivity contribution in [2.75, 3.05) is 6.61 Å². The Bertz CT molecular complexity index is 435. The van der Waals surface area contributed by atoms with Crippen molar-refractivity contribution in [3.05, 3.63) is 30.1 Å². The lowest BCUT2D eigenvalue weighted by Crippen LogP contribution is -2.25. The first-order valence-corrected chi connectivity index (χ1v) is 5.97. The number of halogens is 1. The standard InChI is InChI=1S/C13H15FN2O2/c14-10-5-7-12(8-6-10)18-9-13(17)16-15-11-3-1-2-4-11/h5-8H,1-4,9H2,(H,16,17). The first-order chi connectivity index (χ1) is 8.74. The number of benzene rings is 1. The summed E-state index contributed by atoms with van der Waals surface area (Å²) in [4.78, 5) is 11.4. The molecule has 0 heterocycles. The van der Waals surface area contributed by atoms with Crippen LogP contribution in [-0.2, 0) is 4.79 Å². The van der Waals surface area contributed by atoms with Gasteiger partial charge >= 0.3 is 0 Å². The SMILES string of the molecule is O=C(COc1ccc(F)cc1)NN=C1CCCC1. The molecule has 1 fully saturated rings. The van der Waals surface area contributed by atoms with Gasteiger partial charge in [0.25, 0.3) is 5.91 Å². The monoisotopic (exact) mass is 250 g/mol. The summed E-state index contributed by atoms with van der Waals surface area (Å²) < 4.78 is 17.8. The van der Waals surface area contributed by atoms with E-state index in [1.165, 1.54) is 24.3 Å². The number of nitrogens with one attached hydrogen (secondary N) is 1. The number of hydrogen-bond acceptors (Lipinski definition) is 3. The lowest BCUT2D eigenvalue weighted by molar-refractivity contribution is -0.123. The molecule has 5 heteroatoms. The summed E-state index contributed by atoms with van der Waals surface area (Å²) >= 11 is 0. The van der Waals surface area contributed by atoms with Crippen LogP contribution in [-0.4, -0.2) is 18.2 Å². The van der Waals surface area contributed by atoms with Gasteiger partial charge in [-0.25, -0.2) is 9.82 Å². The molecule has 2 rings (SSSR count). The van der Waals surface area contributed by atoms with Gasteiger partial charge in [-0.3, -0.25) is 4.79 Å². The van der Waals surface area contributed by atoms with Gasteiger partial charge in [0, 0.05) is 5.71 Å². The van der Waals surface area contributed by atoms with Crippen molar-refractivity contribution < 1.29 is 13.9 Å². The smallest absolute Gasteiger partial charge is 0.277 e. The number of rotatable bonds is 4. The van der Waals surface area contributed by atoms with Crippen LogP contribution in [0.15, 0.2) is 29.4 Å². The molecule has 0 aromatic heterocycles. The molecule has 0 unspecified atom stereocenters. The molecule has 18 heavy (non-hydrogen) atoms. The molecule has 0 atom stereocenters. The number of hydrogen-bond donors (Lipinski definition) is 1. The fraction of sp³-hybridized carbons (Fsp3) is 0.385. The third-order valence-electron chi connectivity index (χ3n) is 2.70. The summed E-state index contributed by atoms with van der Waals surface area (Å²) in [5.41, 5.74) is 3.49. The number of ether oxygens (including phenoxy) is 1. The minimum absolute atomic E-state index is 0.123. The van der Waals surface area contributed by atoms with Crippen LogP contribution in [0.4, 0.5) is 4.39 Å². The number of carbonyl (C=O) groups excluding carboxylic acids is 1. The Hall–Kier alpha value is -1.91. The highest BCUT2D eigenvalue weighted by molar-refractivity contribution is 5.87. The van der Waals surface area contributed by atoms with Crippen molar-refractivity contribution in [3.8, 4) is 5.75 Å². The Morgan fingerprint density at radius 2 is 1.94 bits per heavy atom. The van der Waals surface area contributed by atoms with E-state index in [0.717, 1.165) is 31.4 Å². The molecule has 1 aromatic carbocycles. The normalized spacial score (nSPS) is 14.4. The third kappa shape index (κ3) is 3.84. The molecule has 1 aliphatic carbocycles. The van der Waals surface area contributed by atoms with E-state index in [9.17, 15) is 9.18 Å². The zero-order valence-corrected chi connectivity index (χ0v) is 9.99. The first-order valence-electron chi connectivity index (χ1n) is 5.97. The maximum absolute atomic E-state index is 12.6. The summed E-state index contributed by atoms with van der Waals surface area (Å²) in [6, 6.07) is 5.52. The Morgan fingerprint density at radius 1 is 1.28 bits per heavy atom. The van der Waals surface area contributed by atoms with Gasteiger partial charge in [-0.15, -0.1) is 0 Å². The van der Waals surface area contributed by atoms with Crippen LogP contribution < -0.4 is 10.2 Å². The first kappa shape index (κ1) is 12.5. The lowest BCUT2D eigenvalue weighted by atomic mass is 10.3. The maximum Gasteiger partial charge on any atom is 0.277 e. The minimum atomic E-state index is -0.334. The molecular formula is C13H15FN2O2. The fourth-order valence-corrected chi connectivity index (χ4v) is 1.75. The number of hydrazone groups is 1. The summed E-state index contributed by atoms with van der Waals surface area (Å²) in [6.07, 6.45) is 4.19. The maximum atomic E-state index is 12.6. The van der Waals surface area contributed by atoms with Crippen molar-refractivity contribution >= 4 is 11.6 Å². The van der Waals surface area contributed by atoms with Crippen molar-refractivity contribution in [2.24, 2.45) is 5.10 Å². The number of amides is 1. The van der Waals surface area contributed by atoms with Crippen LogP contribution in [0.5, 0.6) is 5.75 Å². The van der Waals surface area contributed by atoms with E-state index in [1.807, 2.05) is 0 Å². The Balaban J connectivity index is 1.74. The second kappa shape index (κ2) is 6.14. The van der Waals surface area contributed by atoms with Crippen LogP contribution >= 0.6 is 0 Å².